The minimum atomic E-state index is 0.575. The smallest absolute Gasteiger partial charge is 0.168 e. The fourth-order valence-electron chi connectivity index (χ4n) is 2.68. The molecule has 0 bridgehead atoms. The van der Waals surface area contributed by atoms with Crippen molar-refractivity contribution in [3.8, 4) is 11.8 Å². The van der Waals surface area contributed by atoms with E-state index in [0.29, 0.717) is 22.6 Å². The number of hydrogen-bond donors (Lipinski definition) is 0. The summed E-state index contributed by atoms with van der Waals surface area (Å²) in [6.45, 7) is 0. The number of hydrogen-bond acceptors (Lipinski definition) is 4. The Morgan fingerprint density at radius 1 is 1.10 bits per heavy atom. The van der Waals surface area contributed by atoms with Crippen LogP contribution in [0.5, 0.6) is 5.75 Å². The monoisotopic (exact) mass is 274 g/mol. The third-order valence-corrected chi connectivity index (χ3v) is 3.64. The molecule has 0 radical (unpaired) electrons. The molecule has 100 valence electrons. The van der Waals surface area contributed by atoms with E-state index in [1.165, 1.54) is 0 Å². The second-order valence-corrected chi connectivity index (χ2v) is 4.72. The lowest BCUT2D eigenvalue weighted by Crippen LogP contribution is -1.97. The van der Waals surface area contributed by atoms with E-state index in [0.717, 1.165) is 16.3 Å². The van der Waals surface area contributed by atoms with Crippen molar-refractivity contribution in [1.29, 1.82) is 5.26 Å². The van der Waals surface area contributed by atoms with Gasteiger partial charge in [0.1, 0.15) is 23.0 Å². The molecule has 2 heterocycles. The van der Waals surface area contributed by atoms with Gasteiger partial charge in [0, 0.05) is 16.8 Å². The maximum Gasteiger partial charge on any atom is 0.168 e. The van der Waals surface area contributed by atoms with Crippen LogP contribution in [0.15, 0.2) is 42.5 Å². The molecule has 0 amide bonds. The molecule has 5 heteroatoms. The molecule has 0 saturated carbocycles. The molecule has 0 aliphatic rings. The first-order chi connectivity index (χ1) is 10.3. The Labute approximate surface area is 120 Å². The van der Waals surface area contributed by atoms with E-state index in [4.69, 9.17) is 4.74 Å². The Balaban J connectivity index is 2.28. The maximum absolute atomic E-state index is 9.54. The van der Waals surface area contributed by atoms with E-state index >= 15 is 0 Å². The molecule has 5 nitrogen and oxygen atoms in total. The lowest BCUT2D eigenvalue weighted by molar-refractivity contribution is 0.415. The van der Waals surface area contributed by atoms with E-state index in [1.807, 2.05) is 46.9 Å². The fraction of sp³-hybridized carbons (Fsp3) is 0.0625. The molecule has 4 aromatic rings. The van der Waals surface area contributed by atoms with Gasteiger partial charge in [-0.25, -0.2) is 0 Å². The molecule has 4 rings (SSSR count). The summed E-state index contributed by atoms with van der Waals surface area (Å²) in [4.78, 5) is 0. The van der Waals surface area contributed by atoms with Crippen LogP contribution in [-0.2, 0) is 0 Å². The predicted molar refractivity (Wildman–Crippen MR) is 79.3 cm³/mol. The van der Waals surface area contributed by atoms with Crippen molar-refractivity contribution < 1.29 is 4.74 Å². The molecule has 2 aromatic carbocycles. The SMILES string of the molecule is COc1ccc2c(c1)nnc1c3ccccc3c(C#N)n21. The van der Waals surface area contributed by atoms with Gasteiger partial charge in [0.2, 0.25) is 0 Å². The second-order valence-electron chi connectivity index (χ2n) is 4.72. The van der Waals surface area contributed by atoms with Crippen LogP contribution < -0.4 is 4.74 Å². The normalized spacial score (nSPS) is 11.0. The highest BCUT2D eigenvalue weighted by Crippen LogP contribution is 2.28. The van der Waals surface area contributed by atoms with Gasteiger partial charge < -0.3 is 4.74 Å². The lowest BCUT2D eigenvalue weighted by atomic mass is 10.2. The van der Waals surface area contributed by atoms with Crippen molar-refractivity contribution in [1.82, 2.24) is 14.6 Å². The van der Waals surface area contributed by atoms with Crippen molar-refractivity contribution in [2.45, 2.75) is 0 Å². The van der Waals surface area contributed by atoms with Crippen LogP contribution in [0.25, 0.3) is 27.5 Å². The van der Waals surface area contributed by atoms with Gasteiger partial charge in [-0.05, 0) is 12.1 Å². The van der Waals surface area contributed by atoms with Gasteiger partial charge in [-0.1, -0.05) is 24.3 Å². The summed E-state index contributed by atoms with van der Waals surface area (Å²) in [5, 5.41) is 19.9. The molecular weight excluding hydrogens is 264 g/mol. The fourth-order valence-corrected chi connectivity index (χ4v) is 2.68. The molecule has 0 saturated heterocycles. The highest BCUT2D eigenvalue weighted by atomic mass is 16.5. The van der Waals surface area contributed by atoms with Crippen LogP contribution in [-0.4, -0.2) is 21.7 Å². The van der Waals surface area contributed by atoms with Crippen molar-refractivity contribution in [3.05, 3.63) is 48.2 Å². The van der Waals surface area contributed by atoms with Gasteiger partial charge in [-0.3, -0.25) is 4.40 Å². The number of methoxy groups -OCH3 is 1. The minimum Gasteiger partial charge on any atom is -0.497 e. The van der Waals surface area contributed by atoms with Crippen LogP contribution in [0, 0.1) is 11.3 Å². The van der Waals surface area contributed by atoms with Crippen LogP contribution >= 0.6 is 0 Å². The van der Waals surface area contributed by atoms with Gasteiger partial charge in [-0.2, -0.15) is 5.26 Å². The molecule has 21 heavy (non-hydrogen) atoms. The average molecular weight is 274 g/mol. The summed E-state index contributed by atoms with van der Waals surface area (Å²) in [5.41, 5.74) is 2.80. The molecule has 0 fully saturated rings. The van der Waals surface area contributed by atoms with Crippen molar-refractivity contribution in [2.75, 3.05) is 7.11 Å². The molecule has 0 N–H and O–H groups in total. The number of nitriles is 1. The maximum atomic E-state index is 9.54. The van der Waals surface area contributed by atoms with Crippen molar-refractivity contribution in [2.24, 2.45) is 0 Å². The zero-order chi connectivity index (χ0) is 14.4. The van der Waals surface area contributed by atoms with Gasteiger partial charge in [0.25, 0.3) is 0 Å². The third-order valence-electron chi connectivity index (χ3n) is 3.64. The first-order valence-corrected chi connectivity index (χ1v) is 6.47. The highest BCUT2D eigenvalue weighted by molar-refractivity contribution is 6.01. The van der Waals surface area contributed by atoms with E-state index < -0.39 is 0 Å². The van der Waals surface area contributed by atoms with Gasteiger partial charge in [0.15, 0.2) is 5.65 Å². The summed E-state index contributed by atoms with van der Waals surface area (Å²) in [6, 6.07) is 15.6. The number of ether oxygens (including phenoxy) is 1. The molecule has 0 spiro atoms. The van der Waals surface area contributed by atoms with Crippen LogP contribution in [0.4, 0.5) is 0 Å². The third kappa shape index (κ3) is 1.50. The standard InChI is InChI=1S/C16H10N4O/c1-21-10-6-7-14-13(8-10)18-19-16-12-5-3-2-4-11(12)15(9-17)20(14)16/h2-8H,1H3. The molecule has 0 unspecified atom stereocenters. The molecule has 2 aromatic heterocycles. The van der Waals surface area contributed by atoms with E-state index in [9.17, 15) is 5.26 Å². The molecule has 0 aliphatic heterocycles. The zero-order valence-electron chi connectivity index (χ0n) is 11.2. The highest BCUT2D eigenvalue weighted by Gasteiger charge is 2.15. The summed E-state index contributed by atoms with van der Waals surface area (Å²) in [7, 11) is 1.61. The predicted octanol–water partition coefficient (Wildman–Crippen LogP) is 2.92. The number of benzene rings is 2. The van der Waals surface area contributed by atoms with Crippen LogP contribution in [0.3, 0.4) is 0 Å². The Morgan fingerprint density at radius 3 is 2.67 bits per heavy atom. The van der Waals surface area contributed by atoms with E-state index in [2.05, 4.69) is 16.3 Å². The van der Waals surface area contributed by atoms with Crippen molar-refractivity contribution >= 4 is 27.5 Å². The number of rotatable bonds is 1. The molecular formula is C16H10N4O. The minimum absolute atomic E-state index is 0.575. The van der Waals surface area contributed by atoms with Crippen molar-refractivity contribution in [3.63, 3.8) is 0 Å². The van der Waals surface area contributed by atoms with Crippen LogP contribution in [0.1, 0.15) is 5.69 Å². The number of fused-ring (bicyclic) bond motifs is 5. The molecule has 0 atom stereocenters. The van der Waals surface area contributed by atoms with Gasteiger partial charge in [-0.15, -0.1) is 10.2 Å². The lowest BCUT2D eigenvalue weighted by Gasteiger charge is -2.04. The Kier molecular flexibility index (Phi) is 2.33. The quantitative estimate of drug-likeness (QED) is 0.535. The Morgan fingerprint density at radius 2 is 1.90 bits per heavy atom. The zero-order valence-corrected chi connectivity index (χ0v) is 11.2. The topological polar surface area (TPSA) is 63.2 Å². The largest absolute Gasteiger partial charge is 0.497 e. The summed E-state index contributed by atoms with van der Waals surface area (Å²) < 4.78 is 7.06. The first kappa shape index (κ1) is 11.7. The average Bonchev–Trinajstić information content (AvgIpc) is 2.88. The molecule has 0 aliphatic carbocycles. The number of nitrogens with zero attached hydrogens (tertiary/aromatic N) is 4. The summed E-state index contributed by atoms with van der Waals surface area (Å²) in [5.74, 6) is 0.714. The van der Waals surface area contributed by atoms with Gasteiger partial charge >= 0.3 is 0 Å². The van der Waals surface area contributed by atoms with Crippen LogP contribution in [0.2, 0.25) is 0 Å². The summed E-state index contributed by atoms with van der Waals surface area (Å²) in [6.07, 6.45) is 0. The second kappa shape index (κ2) is 4.18. The first-order valence-electron chi connectivity index (χ1n) is 6.47. The van der Waals surface area contributed by atoms with E-state index in [1.54, 1.807) is 7.11 Å². The van der Waals surface area contributed by atoms with E-state index in [-0.39, 0.29) is 0 Å². The van der Waals surface area contributed by atoms with Gasteiger partial charge in [0.05, 0.1) is 12.6 Å². The Hall–Kier alpha value is -3.13. The number of aromatic nitrogens is 3. The Bertz CT molecular complexity index is 1040. The summed E-state index contributed by atoms with van der Waals surface area (Å²) >= 11 is 0.